The summed E-state index contributed by atoms with van der Waals surface area (Å²) in [6.45, 7) is 0.0642. The predicted octanol–water partition coefficient (Wildman–Crippen LogP) is 2.07. The maximum Gasteiger partial charge on any atom is 0.153 e. The highest BCUT2D eigenvalue weighted by Gasteiger charge is 2.05. The molecule has 3 aromatic rings. The minimum Gasteiger partial charge on any atom is -0.396 e. The lowest BCUT2D eigenvalue weighted by Gasteiger charge is -2.01. The molecule has 0 spiro atoms. The van der Waals surface area contributed by atoms with Crippen molar-refractivity contribution in [3.05, 3.63) is 54.1 Å². The summed E-state index contributed by atoms with van der Waals surface area (Å²) < 4.78 is 14.6. The number of imidazole rings is 1. The van der Waals surface area contributed by atoms with E-state index >= 15 is 0 Å². The summed E-state index contributed by atoms with van der Waals surface area (Å²) in [5.41, 5.74) is 3.13. The number of aromatic nitrogens is 3. The second-order valence-electron chi connectivity index (χ2n) is 4.23. The maximum atomic E-state index is 12.9. The van der Waals surface area contributed by atoms with Crippen LogP contribution >= 0.6 is 0 Å². The molecular formula is C14H12FN3O. The Bertz CT molecular complexity index is 706. The van der Waals surface area contributed by atoms with Gasteiger partial charge in [-0.1, -0.05) is 0 Å². The van der Waals surface area contributed by atoms with Crippen LogP contribution < -0.4 is 0 Å². The van der Waals surface area contributed by atoms with Crippen molar-refractivity contribution in [1.29, 1.82) is 0 Å². The average Bonchev–Trinajstić information content (AvgIpc) is 2.81. The van der Waals surface area contributed by atoms with Crippen molar-refractivity contribution in [2.45, 2.75) is 6.42 Å². The summed E-state index contributed by atoms with van der Waals surface area (Å²) in [5.74, 6) is -0.266. The normalized spacial score (nSPS) is 11.1. The number of nitrogens with zero attached hydrogens (tertiary/aromatic N) is 3. The molecule has 3 rings (SSSR count). The van der Waals surface area contributed by atoms with Crippen molar-refractivity contribution in [2.24, 2.45) is 0 Å². The highest BCUT2D eigenvalue weighted by atomic mass is 19.1. The Hall–Kier alpha value is -2.27. The number of fused-ring (bicyclic) bond motifs is 1. The van der Waals surface area contributed by atoms with E-state index < -0.39 is 0 Å². The van der Waals surface area contributed by atoms with Crippen LogP contribution in [-0.2, 0) is 6.42 Å². The van der Waals surface area contributed by atoms with Crippen LogP contribution in [0.5, 0.6) is 0 Å². The fourth-order valence-corrected chi connectivity index (χ4v) is 1.94. The minimum atomic E-state index is -0.266. The summed E-state index contributed by atoms with van der Waals surface area (Å²) in [4.78, 5) is 4.33. The summed E-state index contributed by atoms with van der Waals surface area (Å²) in [6, 6.07) is 9.90. The van der Waals surface area contributed by atoms with Gasteiger partial charge >= 0.3 is 0 Å². The van der Waals surface area contributed by atoms with Gasteiger partial charge < -0.3 is 5.11 Å². The molecule has 0 radical (unpaired) electrons. The van der Waals surface area contributed by atoms with Crippen LogP contribution in [0.2, 0.25) is 0 Å². The van der Waals surface area contributed by atoms with Crippen molar-refractivity contribution < 1.29 is 9.50 Å². The summed E-state index contributed by atoms with van der Waals surface area (Å²) in [5, 5.41) is 13.3. The van der Waals surface area contributed by atoms with Crippen molar-refractivity contribution in [2.75, 3.05) is 6.61 Å². The fourth-order valence-electron chi connectivity index (χ4n) is 1.94. The quantitative estimate of drug-likeness (QED) is 0.781. The van der Waals surface area contributed by atoms with Gasteiger partial charge in [0.1, 0.15) is 5.82 Å². The summed E-state index contributed by atoms with van der Waals surface area (Å²) in [6.07, 6.45) is 2.30. The SMILES string of the molecule is OCCc1cn2nc(-c3ccc(F)cc3)ccc2n1. The van der Waals surface area contributed by atoms with E-state index in [4.69, 9.17) is 5.11 Å². The number of rotatable bonds is 3. The molecule has 19 heavy (non-hydrogen) atoms. The van der Waals surface area contributed by atoms with Crippen LogP contribution in [0.1, 0.15) is 5.69 Å². The van der Waals surface area contributed by atoms with Gasteiger partial charge in [0.15, 0.2) is 5.65 Å². The zero-order valence-corrected chi connectivity index (χ0v) is 10.1. The third-order valence-corrected chi connectivity index (χ3v) is 2.88. The number of hydrogen-bond donors (Lipinski definition) is 1. The number of aliphatic hydroxyl groups is 1. The Labute approximate surface area is 109 Å². The van der Waals surface area contributed by atoms with Gasteiger partial charge in [0, 0.05) is 18.6 Å². The lowest BCUT2D eigenvalue weighted by molar-refractivity contribution is 0.298. The summed E-state index contributed by atoms with van der Waals surface area (Å²) >= 11 is 0. The predicted molar refractivity (Wildman–Crippen MR) is 69.2 cm³/mol. The first-order valence-corrected chi connectivity index (χ1v) is 5.98. The Kier molecular flexibility index (Phi) is 2.97. The van der Waals surface area contributed by atoms with Crippen LogP contribution in [0.25, 0.3) is 16.9 Å². The molecule has 0 unspecified atom stereocenters. The molecule has 0 aliphatic rings. The van der Waals surface area contributed by atoms with Gasteiger partial charge in [-0.3, -0.25) is 0 Å². The van der Waals surface area contributed by atoms with Gasteiger partial charge in [-0.05, 0) is 36.4 Å². The van der Waals surface area contributed by atoms with E-state index in [1.807, 2.05) is 12.1 Å². The highest BCUT2D eigenvalue weighted by Crippen LogP contribution is 2.17. The molecular weight excluding hydrogens is 245 g/mol. The standard InChI is InChI=1S/C14H12FN3O/c15-11-3-1-10(2-4-11)13-5-6-14-16-12(7-8-19)9-18(14)17-13/h1-6,9,19H,7-8H2. The molecule has 0 saturated heterocycles. The first-order chi connectivity index (χ1) is 9.26. The maximum absolute atomic E-state index is 12.9. The Morgan fingerprint density at radius 3 is 2.63 bits per heavy atom. The lowest BCUT2D eigenvalue weighted by atomic mass is 10.1. The number of halogens is 1. The first-order valence-electron chi connectivity index (χ1n) is 5.98. The van der Waals surface area contributed by atoms with E-state index in [1.165, 1.54) is 12.1 Å². The molecule has 4 nitrogen and oxygen atoms in total. The zero-order valence-electron chi connectivity index (χ0n) is 10.1. The second kappa shape index (κ2) is 4.78. The third kappa shape index (κ3) is 2.32. The van der Waals surface area contributed by atoms with Crippen LogP contribution in [0, 0.1) is 5.82 Å². The van der Waals surface area contributed by atoms with Crippen LogP contribution in [0.3, 0.4) is 0 Å². The molecule has 96 valence electrons. The lowest BCUT2D eigenvalue weighted by Crippen LogP contribution is -1.93. The molecule has 0 aliphatic heterocycles. The molecule has 2 aromatic heterocycles. The largest absolute Gasteiger partial charge is 0.396 e. The van der Waals surface area contributed by atoms with Crippen LogP contribution in [0.15, 0.2) is 42.6 Å². The fraction of sp³-hybridized carbons (Fsp3) is 0.143. The molecule has 0 amide bonds. The smallest absolute Gasteiger partial charge is 0.153 e. The van der Waals surface area contributed by atoms with E-state index in [2.05, 4.69) is 10.1 Å². The third-order valence-electron chi connectivity index (χ3n) is 2.88. The van der Waals surface area contributed by atoms with Crippen molar-refractivity contribution in [3.63, 3.8) is 0 Å². The van der Waals surface area contributed by atoms with E-state index in [9.17, 15) is 4.39 Å². The van der Waals surface area contributed by atoms with Gasteiger partial charge in [-0.2, -0.15) is 5.10 Å². The first kappa shape index (κ1) is 11.8. The van der Waals surface area contributed by atoms with Gasteiger partial charge in [-0.15, -0.1) is 0 Å². The molecule has 1 aromatic carbocycles. The van der Waals surface area contributed by atoms with E-state index in [1.54, 1.807) is 22.8 Å². The minimum absolute atomic E-state index is 0.0642. The molecule has 2 heterocycles. The molecule has 0 aliphatic carbocycles. The molecule has 0 bridgehead atoms. The van der Waals surface area contributed by atoms with Gasteiger partial charge in [0.05, 0.1) is 17.6 Å². The van der Waals surface area contributed by atoms with Gasteiger partial charge in [0.25, 0.3) is 0 Å². The van der Waals surface area contributed by atoms with E-state index in [0.717, 1.165) is 22.6 Å². The number of hydrogen-bond acceptors (Lipinski definition) is 3. The van der Waals surface area contributed by atoms with Gasteiger partial charge in [0.2, 0.25) is 0 Å². The zero-order chi connectivity index (χ0) is 13.2. The topological polar surface area (TPSA) is 50.4 Å². The number of benzene rings is 1. The molecule has 1 N–H and O–H groups in total. The Morgan fingerprint density at radius 2 is 1.89 bits per heavy atom. The molecule has 0 fully saturated rings. The van der Waals surface area contributed by atoms with Crippen molar-refractivity contribution in [3.8, 4) is 11.3 Å². The van der Waals surface area contributed by atoms with Crippen molar-refractivity contribution >= 4 is 5.65 Å². The van der Waals surface area contributed by atoms with E-state index in [0.29, 0.717) is 6.42 Å². The average molecular weight is 257 g/mol. The number of aliphatic hydroxyl groups excluding tert-OH is 1. The highest BCUT2D eigenvalue weighted by molar-refractivity contribution is 5.60. The Balaban J connectivity index is 2.03. The molecule has 0 saturated carbocycles. The second-order valence-corrected chi connectivity index (χ2v) is 4.23. The summed E-state index contributed by atoms with van der Waals surface area (Å²) in [7, 11) is 0. The van der Waals surface area contributed by atoms with Crippen LogP contribution in [0.4, 0.5) is 4.39 Å². The Morgan fingerprint density at radius 1 is 1.11 bits per heavy atom. The monoisotopic (exact) mass is 257 g/mol. The molecule has 5 heteroatoms. The van der Waals surface area contributed by atoms with Crippen molar-refractivity contribution in [1.82, 2.24) is 14.6 Å². The molecule has 0 atom stereocenters. The van der Waals surface area contributed by atoms with Crippen LogP contribution in [-0.4, -0.2) is 26.3 Å². The van der Waals surface area contributed by atoms with Gasteiger partial charge in [-0.25, -0.2) is 13.9 Å². The van der Waals surface area contributed by atoms with E-state index in [-0.39, 0.29) is 12.4 Å².